The van der Waals surface area contributed by atoms with Crippen molar-refractivity contribution in [1.29, 1.82) is 0 Å². The fourth-order valence-electron chi connectivity index (χ4n) is 2.22. The number of aryl methyl sites for hydroxylation is 1. The van der Waals surface area contributed by atoms with Crippen molar-refractivity contribution in [3.05, 3.63) is 75.3 Å². The van der Waals surface area contributed by atoms with Gasteiger partial charge in [-0.1, -0.05) is 34.4 Å². The summed E-state index contributed by atoms with van der Waals surface area (Å²) in [5.41, 5.74) is 0.999. The molecule has 0 saturated carbocycles. The van der Waals surface area contributed by atoms with Gasteiger partial charge >= 0.3 is 0 Å². The van der Waals surface area contributed by atoms with Gasteiger partial charge in [-0.15, -0.1) is 0 Å². The maximum Gasteiger partial charge on any atom is 0.278 e. The monoisotopic (exact) mass is 394 g/mol. The summed E-state index contributed by atoms with van der Waals surface area (Å²) in [4.78, 5) is 12.5. The Morgan fingerprint density at radius 1 is 1.23 bits per heavy atom. The zero-order valence-electron chi connectivity index (χ0n) is 13.6. The fourth-order valence-corrected chi connectivity index (χ4v) is 2.51. The summed E-state index contributed by atoms with van der Waals surface area (Å²) in [5, 5.41) is 7.14. The zero-order valence-corrected chi connectivity index (χ0v) is 15.1. The first-order chi connectivity index (χ1) is 12.4. The number of rotatable bonds is 5. The zero-order chi connectivity index (χ0) is 18.7. The van der Waals surface area contributed by atoms with Crippen LogP contribution >= 0.6 is 23.2 Å². The summed E-state index contributed by atoms with van der Waals surface area (Å²) in [6.45, 7) is 1.66. The van der Waals surface area contributed by atoms with Crippen LogP contribution in [0.25, 0.3) is 0 Å². The van der Waals surface area contributed by atoms with Crippen molar-refractivity contribution in [3.63, 3.8) is 0 Å². The van der Waals surface area contributed by atoms with E-state index in [9.17, 15) is 9.18 Å². The average molecular weight is 395 g/mol. The van der Waals surface area contributed by atoms with Crippen LogP contribution in [0, 0.1) is 12.7 Å². The lowest BCUT2D eigenvalue weighted by molar-refractivity contribution is 0.101. The molecule has 0 unspecified atom stereocenters. The molecule has 0 aliphatic rings. The van der Waals surface area contributed by atoms with Gasteiger partial charge in [-0.05, 0) is 37.3 Å². The minimum atomic E-state index is -0.488. The number of carbonyl (C=O) groups is 1. The SMILES string of the molecule is Cc1onc(C(=O)Nc2ccc(Cl)c(Cl)c2)c1COc1cccc(F)c1. The molecule has 0 spiro atoms. The van der Waals surface area contributed by atoms with Crippen LogP contribution in [0.15, 0.2) is 47.0 Å². The minimum Gasteiger partial charge on any atom is -0.489 e. The first-order valence-electron chi connectivity index (χ1n) is 7.54. The third kappa shape index (κ3) is 4.15. The molecule has 0 radical (unpaired) electrons. The topological polar surface area (TPSA) is 64.4 Å². The van der Waals surface area contributed by atoms with Crippen LogP contribution in [0.2, 0.25) is 10.0 Å². The molecule has 3 aromatic rings. The van der Waals surface area contributed by atoms with Crippen LogP contribution in [-0.4, -0.2) is 11.1 Å². The number of hydrogen-bond donors (Lipinski definition) is 1. The van der Waals surface area contributed by atoms with Gasteiger partial charge in [-0.2, -0.15) is 0 Å². The molecule has 26 heavy (non-hydrogen) atoms. The highest BCUT2D eigenvalue weighted by Gasteiger charge is 2.21. The van der Waals surface area contributed by atoms with Crippen molar-refractivity contribution in [2.75, 3.05) is 5.32 Å². The van der Waals surface area contributed by atoms with E-state index < -0.39 is 11.7 Å². The Balaban J connectivity index is 1.76. The molecule has 134 valence electrons. The molecular formula is C18H13Cl2FN2O3. The van der Waals surface area contributed by atoms with Crippen molar-refractivity contribution >= 4 is 34.8 Å². The quantitative estimate of drug-likeness (QED) is 0.640. The lowest BCUT2D eigenvalue weighted by Crippen LogP contribution is -2.15. The van der Waals surface area contributed by atoms with Gasteiger partial charge in [-0.3, -0.25) is 4.79 Å². The number of aromatic nitrogens is 1. The third-order valence-corrected chi connectivity index (χ3v) is 4.30. The van der Waals surface area contributed by atoms with Gasteiger partial charge in [0.25, 0.3) is 5.91 Å². The maximum atomic E-state index is 13.2. The molecule has 1 amide bonds. The Bertz CT molecular complexity index is 959. The number of nitrogens with one attached hydrogen (secondary N) is 1. The Kier molecular flexibility index (Phi) is 5.44. The molecule has 0 bridgehead atoms. The first-order valence-corrected chi connectivity index (χ1v) is 8.29. The van der Waals surface area contributed by atoms with E-state index >= 15 is 0 Å². The molecular weight excluding hydrogens is 382 g/mol. The van der Waals surface area contributed by atoms with Crippen LogP contribution in [0.3, 0.4) is 0 Å². The van der Waals surface area contributed by atoms with Crippen molar-refractivity contribution in [3.8, 4) is 5.75 Å². The molecule has 3 rings (SSSR count). The van der Waals surface area contributed by atoms with E-state index in [-0.39, 0.29) is 12.3 Å². The summed E-state index contributed by atoms with van der Waals surface area (Å²) in [6.07, 6.45) is 0. The van der Waals surface area contributed by atoms with Crippen molar-refractivity contribution in [1.82, 2.24) is 5.16 Å². The number of anilines is 1. The lowest BCUT2D eigenvalue weighted by atomic mass is 10.2. The van der Waals surface area contributed by atoms with Gasteiger partial charge in [0.1, 0.15) is 23.9 Å². The van der Waals surface area contributed by atoms with E-state index in [2.05, 4.69) is 10.5 Å². The molecule has 1 N–H and O–H groups in total. The highest BCUT2D eigenvalue weighted by Crippen LogP contribution is 2.26. The number of carbonyl (C=O) groups excluding carboxylic acids is 1. The van der Waals surface area contributed by atoms with E-state index in [0.29, 0.717) is 32.8 Å². The lowest BCUT2D eigenvalue weighted by Gasteiger charge is -2.08. The second kappa shape index (κ2) is 7.76. The van der Waals surface area contributed by atoms with Crippen LogP contribution in [0.4, 0.5) is 10.1 Å². The molecule has 8 heteroatoms. The largest absolute Gasteiger partial charge is 0.489 e. The molecule has 0 aliphatic heterocycles. The van der Waals surface area contributed by atoms with Gasteiger partial charge in [0.2, 0.25) is 0 Å². The Morgan fingerprint density at radius 3 is 2.77 bits per heavy atom. The normalized spacial score (nSPS) is 10.6. The van der Waals surface area contributed by atoms with Crippen molar-refractivity contribution < 1.29 is 18.4 Å². The van der Waals surface area contributed by atoms with Crippen LogP contribution in [0.5, 0.6) is 5.75 Å². The van der Waals surface area contributed by atoms with Gasteiger partial charge in [0.05, 0.1) is 15.6 Å². The Morgan fingerprint density at radius 2 is 2.04 bits per heavy atom. The molecule has 0 saturated heterocycles. The van der Waals surface area contributed by atoms with Crippen LogP contribution in [0.1, 0.15) is 21.8 Å². The van der Waals surface area contributed by atoms with Crippen molar-refractivity contribution in [2.45, 2.75) is 13.5 Å². The molecule has 2 aromatic carbocycles. The minimum absolute atomic E-state index is 0.00289. The fraction of sp³-hybridized carbons (Fsp3) is 0.111. The van der Waals surface area contributed by atoms with E-state index in [4.69, 9.17) is 32.5 Å². The third-order valence-electron chi connectivity index (χ3n) is 3.56. The van der Waals surface area contributed by atoms with Crippen LogP contribution < -0.4 is 10.1 Å². The molecule has 0 atom stereocenters. The highest BCUT2D eigenvalue weighted by atomic mass is 35.5. The van der Waals surface area contributed by atoms with Gasteiger partial charge < -0.3 is 14.6 Å². The Hall–Kier alpha value is -2.57. The van der Waals surface area contributed by atoms with Crippen molar-refractivity contribution in [2.24, 2.45) is 0 Å². The predicted octanol–water partition coefficient (Wildman–Crippen LogP) is 5.26. The molecule has 0 fully saturated rings. The van der Waals surface area contributed by atoms with Crippen LogP contribution in [-0.2, 0) is 6.61 Å². The summed E-state index contributed by atoms with van der Waals surface area (Å²) in [5.74, 6) is -0.137. The van der Waals surface area contributed by atoms with E-state index in [1.165, 1.54) is 24.3 Å². The number of amides is 1. The Labute approximate surface area is 158 Å². The summed E-state index contributed by atoms with van der Waals surface area (Å²) < 4.78 is 23.9. The number of halogens is 3. The number of ether oxygens (including phenoxy) is 1. The van der Waals surface area contributed by atoms with Gasteiger partial charge in [0, 0.05) is 11.8 Å². The first kappa shape index (κ1) is 18.2. The summed E-state index contributed by atoms with van der Waals surface area (Å²) in [7, 11) is 0. The van der Waals surface area contributed by atoms with Gasteiger partial charge in [0.15, 0.2) is 5.69 Å². The second-order valence-corrected chi connectivity index (χ2v) is 6.21. The van der Waals surface area contributed by atoms with E-state index in [0.717, 1.165) is 0 Å². The maximum absolute atomic E-state index is 13.2. The van der Waals surface area contributed by atoms with E-state index in [1.54, 1.807) is 25.1 Å². The summed E-state index contributed by atoms with van der Waals surface area (Å²) in [6, 6.07) is 10.4. The molecule has 0 aliphatic carbocycles. The number of nitrogens with zero attached hydrogens (tertiary/aromatic N) is 1. The standard InChI is InChI=1S/C18H13Cl2FN2O3/c1-10-14(9-25-13-4-2-3-11(21)7-13)17(23-26-10)18(24)22-12-5-6-15(19)16(20)8-12/h2-8H,9H2,1H3,(H,22,24). The average Bonchev–Trinajstić information content (AvgIpc) is 2.97. The smallest absolute Gasteiger partial charge is 0.278 e. The molecule has 1 aromatic heterocycles. The van der Waals surface area contributed by atoms with E-state index in [1.807, 2.05) is 0 Å². The second-order valence-electron chi connectivity index (χ2n) is 5.39. The molecule has 1 heterocycles. The predicted molar refractivity (Wildman–Crippen MR) is 96.4 cm³/mol. The number of hydrogen-bond acceptors (Lipinski definition) is 4. The molecule has 5 nitrogen and oxygen atoms in total. The highest BCUT2D eigenvalue weighted by molar-refractivity contribution is 6.42. The summed E-state index contributed by atoms with van der Waals surface area (Å²) >= 11 is 11.8. The number of benzene rings is 2. The van der Waals surface area contributed by atoms with Gasteiger partial charge in [-0.25, -0.2) is 4.39 Å².